The Bertz CT molecular complexity index is 747. The monoisotopic (exact) mass is 352 g/mol. The quantitative estimate of drug-likeness (QED) is 0.784. The Kier molecular flexibility index (Phi) is 5.99. The van der Waals surface area contributed by atoms with E-state index in [0.29, 0.717) is 0 Å². The van der Waals surface area contributed by atoms with E-state index in [0.717, 1.165) is 23.8 Å². The van der Waals surface area contributed by atoms with E-state index in [4.69, 9.17) is 0 Å². The molecule has 0 saturated carbocycles. The highest BCUT2D eigenvalue weighted by Crippen LogP contribution is 2.27. The summed E-state index contributed by atoms with van der Waals surface area (Å²) in [5.41, 5.74) is 0.991. The minimum Gasteiger partial charge on any atom is -0.508 e. The Balaban J connectivity index is 1.87. The summed E-state index contributed by atoms with van der Waals surface area (Å²) >= 11 is 0. The molecule has 2 rings (SSSR count). The molecule has 0 aliphatic rings. The lowest BCUT2D eigenvalue weighted by molar-refractivity contribution is -0.274. The van der Waals surface area contributed by atoms with Gasteiger partial charge < -0.3 is 15.2 Å². The molecular weight excluding hydrogens is 337 g/mol. The van der Waals surface area contributed by atoms with Gasteiger partial charge >= 0.3 is 6.36 Å². The predicted molar refractivity (Wildman–Crippen MR) is 84.8 cm³/mol. The first kappa shape index (κ1) is 18.3. The number of phenolic OH excluding ortho intramolecular Hbond substituents is 1. The number of pyridine rings is 1. The van der Waals surface area contributed by atoms with Crippen LogP contribution in [0.15, 0.2) is 48.8 Å². The second-order valence-electron chi connectivity index (χ2n) is 5.00. The number of halogens is 3. The van der Waals surface area contributed by atoms with Crippen LogP contribution in [0.5, 0.6) is 11.5 Å². The van der Waals surface area contributed by atoms with Gasteiger partial charge in [0.15, 0.2) is 0 Å². The number of rotatable bonds is 6. The summed E-state index contributed by atoms with van der Waals surface area (Å²) < 4.78 is 40.4. The molecule has 25 heavy (non-hydrogen) atoms. The molecule has 1 amide bonds. The molecule has 0 radical (unpaired) electrons. The average Bonchev–Trinajstić information content (AvgIpc) is 2.55. The van der Waals surface area contributed by atoms with Crippen LogP contribution in [0, 0.1) is 0 Å². The fourth-order valence-electron chi connectivity index (χ4n) is 1.98. The summed E-state index contributed by atoms with van der Waals surface area (Å²) in [6, 6.07) is 6.72. The maximum Gasteiger partial charge on any atom is 0.573 e. The van der Waals surface area contributed by atoms with Gasteiger partial charge in [-0.3, -0.25) is 9.78 Å². The number of hydrogen-bond acceptors (Lipinski definition) is 4. The molecule has 0 aliphatic carbocycles. The topological polar surface area (TPSA) is 71.5 Å². The average molecular weight is 352 g/mol. The van der Waals surface area contributed by atoms with Crippen molar-refractivity contribution in [3.8, 4) is 11.5 Å². The number of carbonyl (C=O) groups is 1. The van der Waals surface area contributed by atoms with Gasteiger partial charge in [-0.2, -0.15) is 0 Å². The van der Waals surface area contributed by atoms with Crippen molar-refractivity contribution in [2.24, 2.45) is 0 Å². The molecule has 1 heterocycles. The highest BCUT2D eigenvalue weighted by atomic mass is 19.4. The van der Waals surface area contributed by atoms with Crippen molar-refractivity contribution in [1.29, 1.82) is 0 Å². The maximum absolute atomic E-state index is 12.2. The molecule has 2 aromatic rings. The second-order valence-corrected chi connectivity index (χ2v) is 5.00. The Morgan fingerprint density at radius 2 is 2.12 bits per heavy atom. The van der Waals surface area contributed by atoms with E-state index in [1.807, 2.05) is 0 Å². The van der Waals surface area contributed by atoms with E-state index in [1.165, 1.54) is 6.08 Å². The van der Waals surface area contributed by atoms with Gasteiger partial charge in [-0.1, -0.05) is 6.07 Å². The molecule has 0 aliphatic heterocycles. The summed E-state index contributed by atoms with van der Waals surface area (Å²) in [6.07, 6.45) is 1.44. The zero-order valence-corrected chi connectivity index (χ0v) is 13.0. The fraction of sp³-hybridized carbons (Fsp3) is 0.176. The maximum atomic E-state index is 12.2. The van der Waals surface area contributed by atoms with E-state index < -0.39 is 12.1 Å². The zero-order chi connectivity index (χ0) is 18.3. The van der Waals surface area contributed by atoms with Crippen LogP contribution in [0.4, 0.5) is 13.2 Å². The Labute approximate surface area is 141 Å². The Hall–Kier alpha value is -3.03. The van der Waals surface area contributed by atoms with E-state index >= 15 is 0 Å². The van der Waals surface area contributed by atoms with Gasteiger partial charge in [-0.25, -0.2) is 0 Å². The van der Waals surface area contributed by atoms with Gasteiger partial charge in [-0.15, -0.1) is 13.2 Å². The molecule has 0 atom stereocenters. The molecule has 1 aromatic heterocycles. The van der Waals surface area contributed by atoms with Gasteiger partial charge in [0, 0.05) is 25.0 Å². The molecule has 2 N–H and O–H groups in total. The van der Waals surface area contributed by atoms with E-state index in [-0.39, 0.29) is 30.2 Å². The number of alkyl halides is 3. The number of benzene rings is 1. The first-order valence-corrected chi connectivity index (χ1v) is 7.27. The number of aromatic hydroxyl groups is 1. The van der Waals surface area contributed by atoms with Crippen molar-refractivity contribution in [3.05, 3.63) is 59.9 Å². The van der Waals surface area contributed by atoms with Crippen molar-refractivity contribution < 1.29 is 27.8 Å². The number of aromatic nitrogens is 1. The summed E-state index contributed by atoms with van der Waals surface area (Å²) in [7, 11) is 0. The normalized spacial score (nSPS) is 11.5. The number of amides is 1. The molecule has 0 bridgehead atoms. The second kappa shape index (κ2) is 8.18. The summed E-state index contributed by atoms with van der Waals surface area (Å²) in [6.45, 7) is 0.138. The van der Waals surface area contributed by atoms with Crippen molar-refractivity contribution in [1.82, 2.24) is 10.3 Å². The van der Waals surface area contributed by atoms with Gasteiger partial charge in [0.05, 0.1) is 0 Å². The van der Waals surface area contributed by atoms with Crippen molar-refractivity contribution in [2.45, 2.75) is 12.8 Å². The third-order valence-corrected chi connectivity index (χ3v) is 3.09. The lowest BCUT2D eigenvalue weighted by Gasteiger charge is -2.11. The lowest BCUT2D eigenvalue weighted by atomic mass is 10.1. The third kappa shape index (κ3) is 6.54. The Morgan fingerprint density at radius 1 is 1.32 bits per heavy atom. The molecule has 132 valence electrons. The predicted octanol–water partition coefficient (Wildman–Crippen LogP) is 3.06. The summed E-state index contributed by atoms with van der Waals surface area (Å²) in [5.74, 6) is -0.969. The number of nitrogens with zero attached hydrogens (tertiary/aromatic N) is 1. The first-order chi connectivity index (χ1) is 11.8. The van der Waals surface area contributed by atoms with Crippen molar-refractivity contribution >= 4 is 12.0 Å². The zero-order valence-electron chi connectivity index (χ0n) is 13.0. The van der Waals surface area contributed by atoms with Crippen molar-refractivity contribution in [2.75, 3.05) is 6.54 Å². The molecule has 5 nitrogen and oxygen atoms in total. The lowest BCUT2D eigenvalue weighted by Crippen LogP contribution is -2.23. The molecule has 0 spiro atoms. The number of carbonyl (C=O) groups excluding carboxylic acids is 1. The molecule has 0 unspecified atom stereocenters. The smallest absolute Gasteiger partial charge is 0.508 e. The van der Waals surface area contributed by atoms with E-state index in [2.05, 4.69) is 15.0 Å². The van der Waals surface area contributed by atoms with Gasteiger partial charge in [0.1, 0.15) is 11.5 Å². The van der Waals surface area contributed by atoms with Gasteiger partial charge in [-0.05, 0) is 47.9 Å². The van der Waals surface area contributed by atoms with Gasteiger partial charge in [0.2, 0.25) is 5.91 Å². The SMILES string of the molecule is O=C(/C=C/c1cccnc1)NCCc1cc(OC(F)(F)F)ccc1O. The van der Waals surface area contributed by atoms with Gasteiger partial charge in [0.25, 0.3) is 0 Å². The highest BCUT2D eigenvalue weighted by Gasteiger charge is 2.31. The van der Waals surface area contributed by atoms with Crippen LogP contribution in [0.1, 0.15) is 11.1 Å². The van der Waals surface area contributed by atoms with Crippen LogP contribution in [0.3, 0.4) is 0 Å². The van der Waals surface area contributed by atoms with Crippen molar-refractivity contribution in [3.63, 3.8) is 0 Å². The molecule has 8 heteroatoms. The number of ether oxygens (including phenoxy) is 1. The highest BCUT2D eigenvalue weighted by molar-refractivity contribution is 5.91. The third-order valence-electron chi connectivity index (χ3n) is 3.09. The standard InChI is InChI=1S/C17H15F3N2O3/c18-17(19,20)25-14-4-5-15(23)13(10-14)7-9-22-16(24)6-3-12-2-1-8-21-11-12/h1-6,8,10-11,23H,7,9H2,(H,22,24)/b6-3+. The first-order valence-electron chi connectivity index (χ1n) is 7.27. The molecule has 0 saturated heterocycles. The Morgan fingerprint density at radius 3 is 2.80 bits per heavy atom. The number of nitrogens with one attached hydrogen (secondary N) is 1. The van der Waals surface area contributed by atoms with Crippen LogP contribution < -0.4 is 10.1 Å². The van der Waals surface area contributed by atoms with E-state index in [1.54, 1.807) is 30.6 Å². The van der Waals surface area contributed by atoms with Crippen LogP contribution in [0.2, 0.25) is 0 Å². The molecule has 1 aromatic carbocycles. The minimum absolute atomic E-state index is 0.138. The van der Waals surface area contributed by atoms with E-state index in [9.17, 15) is 23.1 Å². The molecular formula is C17H15F3N2O3. The van der Waals surface area contributed by atoms with Crippen LogP contribution in [0.25, 0.3) is 6.08 Å². The summed E-state index contributed by atoms with van der Waals surface area (Å²) in [4.78, 5) is 15.6. The largest absolute Gasteiger partial charge is 0.573 e. The van der Waals surface area contributed by atoms with Crippen LogP contribution >= 0.6 is 0 Å². The fourth-order valence-corrected chi connectivity index (χ4v) is 1.98. The number of hydrogen-bond donors (Lipinski definition) is 2. The molecule has 0 fully saturated rings. The number of phenols is 1. The van der Waals surface area contributed by atoms with Crippen LogP contribution in [-0.2, 0) is 11.2 Å². The van der Waals surface area contributed by atoms with Crippen LogP contribution in [-0.4, -0.2) is 28.9 Å². The minimum atomic E-state index is -4.81. The summed E-state index contributed by atoms with van der Waals surface area (Å²) in [5, 5.41) is 12.3.